The fraction of sp³-hybridized carbons (Fsp3) is 0.600. The Bertz CT molecular complexity index is 303. The first-order chi connectivity index (χ1) is 8.13. The van der Waals surface area contributed by atoms with Crippen molar-refractivity contribution in [2.24, 2.45) is 0 Å². The topological polar surface area (TPSA) is 15.3 Å². The lowest BCUT2D eigenvalue weighted by Crippen LogP contribution is -2.15. The molecule has 0 aromatic heterocycles. The molecular weight excluding hydrogens is 208 g/mol. The Morgan fingerprint density at radius 2 is 1.76 bits per heavy atom. The molecule has 17 heavy (non-hydrogen) atoms. The molecule has 1 unspecified atom stereocenters. The third-order valence-electron chi connectivity index (χ3n) is 3.04. The smallest absolute Gasteiger partial charge is 0.0362 e. The lowest BCUT2D eigenvalue weighted by molar-refractivity contribution is 0.615. The van der Waals surface area contributed by atoms with Crippen molar-refractivity contribution >= 4 is 11.4 Å². The van der Waals surface area contributed by atoms with Crippen molar-refractivity contribution in [2.75, 3.05) is 24.3 Å². The van der Waals surface area contributed by atoms with Crippen molar-refractivity contribution < 1.29 is 0 Å². The monoisotopic (exact) mass is 234 g/mol. The summed E-state index contributed by atoms with van der Waals surface area (Å²) in [6.07, 6.45) is 5.21. The van der Waals surface area contributed by atoms with E-state index in [1.807, 2.05) is 0 Å². The number of rotatable bonds is 7. The first kappa shape index (κ1) is 13.9. The number of unbranched alkanes of at least 4 members (excludes halogenated alkanes) is 2. The molecule has 0 spiro atoms. The lowest BCUT2D eigenvalue weighted by atomic mass is 10.1. The van der Waals surface area contributed by atoms with Gasteiger partial charge in [0.15, 0.2) is 0 Å². The minimum atomic E-state index is 0.562. The van der Waals surface area contributed by atoms with Gasteiger partial charge in [0.25, 0.3) is 0 Å². The van der Waals surface area contributed by atoms with Crippen LogP contribution in [0.15, 0.2) is 24.3 Å². The highest BCUT2D eigenvalue weighted by Gasteiger charge is 2.02. The van der Waals surface area contributed by atoms with Crippen LogP contribution in [0.3, 0.4) is 0 Å². The van der Waals surface area contributed by atoms with Gasteiger partial charge >= 0.3 is 0 Å². The molecule has 1 atom stereocenters. The second-order valence-electron chi connectivity index (χ2n) is 4.98. The van der Waals surface area contributed by atoms with E-state index < -0.39 is 0 Å². The molecule has 1 aromatic rings. The van der Waals surface area contributed by atoms with Gasteiger partial charge in [-0.1, -0.05) is 26.2 Å². The fourth-order valence-electron chi connectivity index (χ4n) is 1.91. The zero-order chi connectivity index (χ0) is 12.7. The molecule has 0 aliphatic carbocycles. The summed E-state index contributed by atoms with van der Waals surface area (Å²) in [5, 5.41) is 3.55. The van der Waals surface area contributed by atoms with Gasteiger partial charge in [0.05, 0.1) is 0 Å². The van der Waals surface area contributed by atoms with Crippen molar-refractivity contribution in [2.45, 2.75) is 45.6 Å². The minimum Gasteiger partial charge on any atom is -0.383 e. The molecule has 0 amide bonds. The van der Waals surface area contributed by atoms with Gasteiger partial charge in [-0.2, -0.15) is 0 Å². The first-order valence-electron chi connectivity index (χ1n) is 6.67. The summed E-state index contributed by atoms with van der Waals surface area (Å²) in [5.41, 5.74) is 2.47. The van der Waals surface area contributed by atoms with Gasteiger partial charge in [-0.25, -0.2) is 0 Å². The van der Waals surface area contributed by atoms with Gasteiger partial charge in [0, 0.05) is 31.5 Å². The van der Waals surface area contributed by atoms with E-state index in [1.54, 1.807) is 0 Å². The molecule has 0 radical (unpaired) electrons. The molecule has 0 bridgehead atoms. The highest BCUT2D eigenvalue weighted by atomic mass is 15.1. The van der Waals surface area contributed by atoms with Crippen molar-refractivity contribution in [3.63, 3.8) is 0 Å². The average Bonchev–Trinajstić information content (AvgIpc) is 2.30. The van der Waals surface area contributed by atoms with Crippen LogP contribution in [0.2, 0.25) is 0 Å². The van der Waals surface area contributed by atoms with Crippen LogP contribution in [0.25, 0.3) is 0 Å². The predicted octanol–water partition coefficient (Wildman–Crippen LogP) is 4.13. The van der Waals surface area contributed by atoms with Crippen molar-refractivity contribution in [1.29, 1.82) is 0 Å². The number of anilines is 2. The molecule has 0 saturated heterocycles. The van der Waals surface area contributed by atoms with Crippen molar-refractivity contribution in [3.05, 3.63) is 24.3 Å². The Kier molecular flexibility index (Phi) is 5.88. The van der Waals surface area contributed by atoms with Crippen LogP contribution in [0.1, 0.15) is 39.5 Å². The molecule has 0 aliphatic rings. The van der Waals surface area contributed by atoms with Crippen molar-refractivity contribution in [3.8, 4) is 0 Å². The lowest BCUT2D eigenvalue weighted by Gasteiger charge is -2.17. The van der Waals surface area contributed by atoms with E-state index in [4.69, 9.17) is 0 Å². The SMILES string of the molecule is CCCCCC(C)Nc1ccc(N(C)C)cc1. The molecule has 0 heterocycles. The van der Waals surface area contributed by atoms with Crippen LogP contribution in [0, 0.1) is 0 Å². The maximum Gasteiger partial charge on any atom is 0.0362 e. The van der Waals surface area contributed by atoms with Crippen molar-refractivity contribution in [1.82, 2.24) is 0 Å². The Hall–Kier alpha value is -1.18. The van der Waals surface area contributed by atoms with E-state index >= 15 is 0 Å². The number of nitrogens with zero attached hydrogens (tertiary/aromatic N) is 1. The van der Waals surface area contributed by atoms with E-state index in [1.165, 1.54) is 37.1 Å². The average molecular weight is 234 g/mol. The molecule has 2 nitrogen and oxygen atoms in total. The Morgan fingerprint density at radius 3 is 2.29 bits per heavy atom. The first-order valence-corrected chi connectivity index (χ1v) is 6.67. The molecular formula is C15H26N2. The van der Waals surface area contributed by atoms with Gasteiger partial charge in [-0.3, -0.25) is 0 Å². The minimum absolute atomic E-state index is 0.562. The predicted molar refractivity (Wildman–Crippen MR) is 78.0 cm³/mol. The molecule has 1 aromatic carbocycles. The zero-order valence-corrected chi connectivity index (χ0v) is 11.7. The fourth-order valence-corrected chi connectivity index (χ4v) is 1.91. The highest BCUT2D eigenvalue weighted by molar-refractivity contribution is 5.54. The van der Waals surface area contributed by atoms with Crippen LogP contribution < -0.4 is 10.2 Å². The molecule has 1 rings (SSSR count). The summed E-state index contributed by atoms with van der Waals surface area (Å²) in [7, 11) is 4.13. The van der Waals surface area contributed by atoms with E-state index in [0.29, 0.717) is 6.04 Å². The van der Waals surface area contributed by atoms with Crippen LogP contribution in [0.5, 0.6) is 0 Å². The van der Waals surface area contributed by atoms with Crippen LogP contribution >= 0.6 is 0 Å². The third-order valence-corrected chi connectivity index (χ3v) is 3.04. The summed E-state index contributed by atoms with van der Waals surface area (Å²) in [5.74, 6) is 0. The number of benzene rings is 1. The van der Waals surface area contributed by atoms with Gasteiger partial charge in [-0.15, -0.1) is 0 Å². The molecule has 0 aliphatic heterocycles. The maximum absolute atomic E-state index is 3.55. The van der Waals surface area contributed by atoms with Crippen LogP contribution in [0.4, 0.5) is 11.4 Å². The number of hydrogen-bond donors (Lipinski definition) is 1. The van der Waals surface area contributed by atoms with E-state index in [0.717, 1.165) is 0 Å². The summed E-state index contributed by atoms with van der Waals surface area (Å²) in [6, 6.07) is 9.19. The van der Waals surface area contributed by atoms with Gasteiger partial charge < -0.3 is 10.2 Å². The van der Waals surface area contributed by atoms with Gasteiger partial charge in [0.2, 0.25) is 0 Å². The van der Waals surface area contributed by atoms with Gasteiger partial charge in [0.1, 0.15) is 0 Å². The van der Waals surface area contributed by atoms with E-state index in [2.05, 4.69) is 62.4 Å². The van der Waals surface area contributed by atoms with E-state index in [-0.39, 0.29) is 0 Å². The maximum atomic E-state index is 3.55. The molecule has 1 N–H and O–H groups in total. The van der Waals surface area contributed by atoms with E-state index in [9.17, 15) is 0 Å². The van der Waals surface area contributed by atoms with Gasteiger partial charge in [-0.05, 0) is 37.6 Å². The quantitative estimate of drug-likeness (QED) is 0.713. The molecule has 96 valence electrons. The Balaban J connectivity index is 2.40. The second kappa shape index (κ2) is 7.21. The van der Waals surface area contributed by atoms with Crippen LogP contribution in [-0.2, 0) is 0 Å². The third kappa shape index (κ3) is 5.12. The summed E-state index contributed by atoms with van der Waals surface area (Å²) in [4.78, 5) is 2.12. The second-order valence-corrected chi connectivity index (χ2v) is 4.98. The molecule has 0 saturated carbocycles. The molecule has 2 heteroatoms. The normalized spacial score (nSPS) is 12.2. The highest BCUT2D eigenvalue weighted by Crippen LogP contribution is 2.17. The van der Waals surface area contributed by atoms with Crippen LogP contribution in [-0.4, -0.2) is 20.1 Å². The summed E-state index contributed by atoms with van der Waals surface area (Å²) in [6.45, 7) is 4.51. The number of nitrogens with one attached hydrogen (secondary N) is 1. The zero-order valence-electron chi connectivity index (χ0n) is 11.7. The summed E-state index contributed by atoms with van der Waals surface area (Å²) >= 11 is 0. The largest absolute Gasteiger partial charge is 0.383 e. The number of hydrogen-bond acceptors (Lipinski definition) is 2. The molecule has 0 fully saturated rings. The summed E-state index contributed by atoms with van der Waals surface area (Å²) < 4.78 is 0. The Morgan fingerprint density at radius 1 is 1.12 bits per heavy atom. The Labute approximate surface area is 106 Å². The standard InChI is InChI=1S/C15H26N2/c1-5-6-7-8-13(2)16-14-9-11-15(12-10-14)17(3)4/h9-13,16H,5-8H2,1-4H3.